The lowest BCUT2D eigenvalue weighted by molar-refractivity contribution is 1.22. The Hall–Kier alpha value is -0.372. The molecule has 4 nitrogen and oxygen atoms in total. The molecule has 0 aromatic rings. The molecule has 1 rings (SSSR count). The molecule has 1 aliphatic heterocycles. The fraction of sp³-hybridized carbons (Fsp3) is 0.857. The van der Waals surface area contributed by atoms with Gasteiger partial charge in [0, 0.05) is 0 Å². The maximum atomic E-state index is 4.75. The van der Waals surface area contributed by atoms with Gasteiger partial charge in [-0.25, -0.2) is 0 Å². The minimum Gasteiger partial charge on any atom is -0.268 e. The Morgan fingerprint density at radius 3 is 0.818 bits per heavy atom. The van der Waals surface area contributed by atoms with Crippen molar-refractivity contribution < 1.29 is 0 Å². The van der Waals surface area contributed by atoms with Gasteiger partial charge in [0.05, 0.1) is 12.0 Å². The lowest BCUT2D eigenvalue weighted by Gasteiger charge is -2.23. The highest BCUT2D eigenvalue weighted by atomic mass is 28.3. The van der Waals surface area contributed by atoms with Gasteiger partial charge in [0.2, 0.25) is 0 Å². The van der Waals surface area contributed by atoms with Gasteiger partial charge in [-0.15, -0.1) is 0 Å². The third kappa shape index (κ3) is 7.76. The number of hydrogen-bond donors (Lipinski definition) is 0. The Morgan fingerprint density at radius 1 is 0.455 bits per heavy atom. The van der Waals surface area contributed by atoms with Crippen molar-refractivity contribution in [2.45, 2.75) is 76.6 Å². The van der Waals surface area contributed by atoms with Gasteiger partial charge in [-0.2, -0.15) is 0 Å². The highest BCUT2D eigenvalue weighted by Crippen LogP contribution is 2.24. The molecule has 0 aromatic heterocycles. The molecule has 1 aliphatic rings. The molecule has 0 bridgehead atoms. The summed E-state index contributed by atoms with van der Waals surface area (Å²) in [6.45, 7) is 18.4. The summed E-state index contributed by atoms with van der Waals surface area (Å²) in [5, 5.41) is 0. The Kier molecular flexibility index (Phi) is 6.28. The molecule has 0 saturated heterocycles. The summed E-state index contributed by atoms with van der Waals surface area (Å²) in [5.41, 5.74) is 0. The normalized spacial score (nSPS) is 26.5. The van der Waals surface area contributed by atoms with Crippen molar-refractivity contribution in [2.24, 2.45) is 18.6 Å². The van der Waals surface area contributed by atoms with Gasteiger partial charge in [-0.05, 0) is 76.6 Å². The predicted molar refractivity (Wildman–Crippen MR) is 109 cm³/mol. The van der Waals surface area contributed by atoms with Crippen LogP contribution in [0.4, 0.5) is 0 Å². The molecule has 0 aromatic carbocycles. The third-order valence-electron chi connectivity index (χ3n) is 4.11. The van der Waals surface area contributed by atoms with Gasteiger partial charge in [0.25, 0.3) is 0 Å². The van der Waals surface area contributed by atoms with Crippen molar-refractivity contribution in [3.05, 3.63) is 0 Å². The molecule has 1 heterocycles. The number of rotatable bonds is 0. The largest absolute Gasteiger partial charge is 0.268 e. The first-order chi connectivity index (χ1) is 9.83. The maximum Gasteiger partial charge on any atom is 0.189 e. The van der Waals surface area contributed by atoms with Crippen molar-refractivity contribution >= 4 is 45.0 Å². The smallest absolute Gasteiger partial charge is 0.189 e. The monoisotopic (exact) mass is 368 g/mol. The van der Waals surface area contributed by atoms with Crippen LogP contribution in [0.5, 0.6) is 0 Å². The van der Waals surface area contributed by atoms with Gasteiger partial charge < -0.3 is 0 Å². The molecule has 0 aliphatic carbocycles. The summed E-state index contributed by atoms with van der Waals surface area (Å²) >= 11 is 0. The molecular formula is C14H32N4Si4. The van der Waals surface area contributed by atoms with E-state index >= 15 is 0 Å². The Labute approximate surface area is 140 Å². The molecule has 0 radical (unpaired) electrons. The topological polar surface area (TPSA) is 49.4 Å². The van der Waals surface area contributed by atoms with Crippen LogP contribution in [0.2, 0.25) is 76.6 Å². The molecule has 0 fully saturated rings. The molecule has 0 N–H and O–H groups in total. The molecule has 0 amide bonds. The second-order valence-corrected chi connectivity index (χ2v) is 26.3. The Morgan fingerprint density at radius 2 is 0.636 bits per heavy atom. The Balaban J connectivity index is 3.14. The van der Waals surface area contributed by atoms with Crippen LogP contribution in [-0.2, 0) is 0 Å². The first-order valence-electron chi connectivity index (χ1n) is 8.20. The zero-order valence-electron chi connectivity index (χ0n) is 15.6. The van der Waals surface area contributed by atoms with E-state index in [0.29, 0.717) is 0 Å². The maximum absolute atomic E-state index is 4.75. The van der Waals surface area contributed by atoms with Crippen LogP contribution in [0, 0.1) is 0 Å². The third-order valence-corrected chi connectivity index (χ3v) is 13.8. The van der Waals surface area contributed by atoms with Crippen molar-refractivity contribution in [2.75, 3.05) is 0 Å². The van der Waals surface area contributed by atoms with E-state index in [1.165, 1.54) is 0 Å². The first-order valence-corrected chi connectivity index (χ1v) is 20.8. The van der Waals surface area contributed by atoms with Crippen LogP contribution in [0.3, 0.4) is 0 Å². The fourth-order valence-electron chi connectivity index (χ4n) is 2.04. The standard InChI is InChI=1S/C14H32N4Si4/c1-19(2)9-10-20(3,4)17-14-18-22(7,8)12-11-21(5,6)16-13-15-19/h9-12H2,1-8H3. The minimum absolute atomic E-state index is 1.16. The second kappa shape index (κ2) is 7.03. The van der Waals surface area contributed by atoms with Gasteiger partial charge in [-0.1, -0.05) is 0 Å². The van der Waals surface area contributed by atoms with Crippen LogP contribution in [-0.4, -0.2) is 45.0 Å². The molecule has 0 unspecified atom stereocenters. The van der Waals surface area contributed by atoms with Gasteiger partial charge in [0.15, 0.2) is 32.9 Å². The lowest BCUT2D eigenvalue weighted by Crippen LogP contribution is -2.32. The van der Waals surface area contributed by atoms with Gasteiger partial charge in [-0.3, -0.25) is 18.6 Å². The van der Waals surface area contributed by atoms with E-state index in [1.807, 2.05) is 0 Å². The van der Waals surface area contributed by atoms with Crippen molar-refractivity contribution in [1.82, 2.24) is 0 Å². The van der Waals surface area contributed by atoms with E-state index < -0.39 is 32.9 Å². The highest BCUT2D eigenvalue weighted by Gasteiger charge is 2.30. The summed E-state index contributed by atoms with van der Waals surface area (Å²) in [5.74, 6) is 0. The van der Waals surface area contributed by atoms with Crippen molar-refractivity contribution in [3.63, 3.8) is 0 Å². The zero-order chi connectivity index (χ0) is 17.1. The zero-order valence-corrected chi connectivity index (χ0v) is 19.6. The molecule has 124 valence electrons. The van der Waals surface area contributed by atoms with E-state index in [9.17, 15) is 0 Å². The average Bonchev–Trinajstić information content (AvgIpc) is 2.33. The van der Waals surface area contributed by atoms with Crippen molar-refractivity contribution in [3.8, 4) is 0 Å². The van der Waals surface area contributed by atoms with Crippen LogP contribution < -0.4 is 0 Å². The van der Waals surface area contributed by atoms with E-state index in [1.54, 1.807) is 0 Å². The number of nitrogens with zero attached hydrogens (tertiary/aromatic N) is 4. The van der Waals surface area contributed by atoms with E-state index in [4.69, 9.17) is 18.6 Å². The summed E-state index contributed by atoms with van der Waals surface area (Å²) in [6.07, 6.45) is 0. The first kappa shape index (κ1) is 19.7. The quantitative estimate of drug-likeness (QED) is 0.530. The minimum atomic E-state index is -1.61. The highest BCUT2D eigenvalue weighted by molar-refractivity contribution is 6.83. The summed E-state index contributed by atoms with van der Waals surface area (Å²) in [7, 11) is -6.43. The lowest BCUT2D eigenvalue weighted by atomic mass is 10.9. The molecule has 0 atom stereocenters. The number of hydrogen-bond acceptors (Lipinski definition) is 4. The van der Waals surface area contributed by atoms with E-state index in [2.05, 4.69) is 64.4 Å². The van der Waals surface area contributed by atoms with Crippen LogP contribution in [0.15, 0.2) is 18.6 Å². The molecular weight excluding hydrogens is 337 g/mol. The molecule has 22 heavy (non-hydrogen) atoms. The van der Waals surface area contributed by atoms with Crippen LogP contribution in [0.25, 0.3) is 0 Å². The van der Waals surface area contributed by atoms with E-state index in [-0.39, 0.29) is 0 Å². The van der Waals surface area contributed by atoms with Crippen LogP contribution in [0.1, 0.15) is 0 Å². The van der Waals surface area contributed by atoms with Gasteiger partial charge >= 0.3 is 0 Å². The second-order valence-electron chi connectivity index (χ2n) is 8.90. The predicted octanol–water partition coefficient (Wildman–Crippen LogP) is 5.17. The fourth-order valence-corrected chi connectivity index (χ4v) is 13.8. The van der Waals surface area contributed by atoms with E-state index in [0.717, 1.165) is 24.2 Å². The van der Waals surface area contributed by atoms with Crippen LogP contribution >= 0.6 is 0 Å². The summed E-state index contributed by atoms with van der Waals surface area (Å²) in [4.78, 5) is 0. The van der Waals surface area contributed by atoms with Crippen molar-refractivity contribution in [1.29, 1.82) is 0 Å². The molecule has 0 saturated carbocycles. The summed E-state index contributed by atoms with van der Waals surface area (Å²) < 4.78 is 19.0. The SMILES string of the molecule is C[Si]1(C)CC[Si](C)(C)N=C=N[Si](C)(C)CC[Si](C)(C)N=C=N1. The van der Waals surface area contributed by atoms with Gasteiger partial charge in [0.1, 0.15) is 0 Å². The average molecular weight is 369 g/mol. The Bertz CT molecular complexity index is 437. The summed E-state index contributed by atoms with van der Waals surface area (Å²) in [6, 6.07) is 10.8. The molecule has 0 spiro atoms. The molecule has 8 heteroatoms.